The molecule has 2 aliphatic carbocycles. The average Bonchev–Trinajstić information content (AvgIpc) is 2.90. The predicted octanol–water partition coefficient (Wildman–Crippen LogP) is 8.95. The van der Waals surface area contributed by atoms with E-state index in [1.807, 2.05) is 13.0 Å². The van der Waals surface area contributed by atoms with E-state index in [9.17, 15) is 0 Å². The van der Waals surface area contributed by atoms with E-state index in [1.54, 1.807) is 0 Å². The van der Waals surface area contributed by atoms with Crippen LogP contribution in [0.1, 0.15) is 64.2 Å². The van der Waals surface area contributed by atoms with Crippen molar-refractivity contribution in [3.05, 3.63) is 130 Å². The number of hydrogen-bond acceptors (Lipinski definition) is 2. The molecule has 1 N–H and O–H groups in total. The molecule has 36 heavy (non-hydrogen) atoms. The highest BCUT2D eigenvalue weighted by Crippen LogP contribution is 2.40. The van der Waals surface area contributed by atoms with Crippen molar-refractivity contribution in [3.63, 3.8) is 0 Å². The molecule has 0 aliphatic heterocycles. The molecular formula is C34H43NO. The van der Waals surface area contributed by atoms with E-state index in [0.717, 1.165) is 31.6 Å². The molecule has 2 aromatic carbocycles. The third kappa shape index (κ3) is 7.26. The lowest BCUT2D eigenvalue weighted by Crippen LogP contribution is -2.26. The van der Waals surface area contributed by atoms with Crippen LogP contribution in [0, 0.1) is 12.3 Å². The fourth-order valence-electron chi connectivity index (χ4n) is 4.54. The van der Waals surface area contributed by atoms with E-state index < -0.39 is 0 Å². The van der Waals surface area contributed by atoms with Crippen LogP contribution < -0.4 is 10.1 Å². The van der Waals surface area contributed by atoms with E-state index in [0.29, 0.717) is 6.61 Å². The highest BCUT2D eigenvalue weighted by molar-refractivity contribution is 5.44. The second-order valence-corrected chi connectivity index (χ2v) is 9.79. The minimum Gasteiger partial charge on any atom is -0.489 e. The van der Waals surface area contributed by atoms with Crippen LogP contribution in [0.2, 0.25) is 0 Å². The molecule has 190 valence electrons. The molecule has 0 radical (unpaired) electrons. The molecule has 1 unspecified atom stereocenters. The van der Waals surface area contributed by atoms with E-state index in [4.69, 9.17) is 4.74 Å². The summed E-state index contributed by atoms with van der Waals surface area (Å²) in [6.45, 7) is 15.7. The first kappa shape index (κ1) is 27.1. The number of nitrogens with one attached hydrogen (secondary N) is 1. The first-order valence-electron chi connectivity index (χ1n) is 13.0. The monoisotopic (exact) mass is 481 g/mol. The van der Waals surface area contributed by atoms with Gasteiger partial charge >= 0.3 is 0 Å². The summed E-state index contributed by atoms with van der Waals surface area (Å²) < 4.78 is 6.14. The lowest BCUT2D eigenvalue weighted by Gasteiger charge is -2.33. The molecule has 0 bridgehead atoms. The third-order valence-corrected chi connectivity index (χ3v) is 7.04. The summed E-state index contributed by atoms with van der Waals surface area (Å²) in [7, 11) is 0. The minimum absolute atomic E-state index is 0. The van der Waals surface area contributed by atoms with Gasteiger partial charge in [0.25, 0.3) is 0 Å². The van der Waals surface area contributed by atoms with Crippen LogP contribution in [0.5, 0.6) is 5.75 Å². The van der Waals surface area contributed by atoms with Crippen LogP contribution in [0.3, 0.4) is 0 Å². The van der Waals surface area contributed by atoms with Crippen LogP contribution in [0.25, 0.3) is 0 Å². The van der Waals surface area contributed by atoms with Crippen LogP contribution in [0.4, 0.5) is 0 Å². The van der Waals surface area contributed by atoms with E-state index in [-0.39, 0.29) is 6.84 Å². The lowest BCUT2D eigenvalue weighted by atomic mass is 9.73. The van der Waals surface area contributed by atoms with Crippen molar-refractivity contribution in [1.82, 2.24) is 5.32 Å². The second-order valence-electron chi connectivity index (χ2n) is 9.79. The molecule has 0 amide bonds. The molecule has 2 heteroatoms. The first-order chi connectivity index (χ1) is 17.4. The Morgan fingerprint density at radius 2 is 1.94 bits per heavy atom. The predicted molar refractivity (Wildman–Crippen MR) is 156 cm³/mol. The summed E-state index contributed by atoms with van der Waals surface area (Å²) in [6, 6.07) is 14.9. The van der Waals surface area contributed by atoms with Crippen molar-refractivity contribution in [3.8, 4) is 5.75 Å². The first-order valence-corrected chi connectivity index (χ1v) is 13.0. The van der Waals surface area contributed by atoms with Gasteiger partial charge < -0.3 is 10.1 Å². The molecule has 2 aliphatic rings. The zero-order valence-electron chi connectivity index (χ0n) is 22.7. The smallest absolute Gasteiger partial charge is 0.120 e. The van der Waals surface area contributed by atoms with Crippen LogP contribution in [0.15, 0.2) is 108 Å². The average molecular weight is 482 g/mol. The lowest BCUT2D eigenvalue weighted by molar-refractivity contribution is 0.304. The van der Waals surface area contributed by atoms with Gasteiger partial charge in [-0.3, -0.25) is 0 Å². The highest BCUT2D eigenvalue weighted by atomic mass is 16.5. The van der Waals surface area contributed by atoms with Crippen molar-refractivity contribution in [2.45, 2.75) is 67.0 Å². The standard InChI is InChI=1S/C28H31NO.C6H10.H2/c1-4-27-21(2)9-7-11-23(27)20-30-26-13-8-10-22(17-26)19-29-25-15-14-24-12-5-6-16-28(24,3)18-25;1-4-6(3)5-2;/h5-17,29H,4,18-20H2,1-3H3;1,5H2,2-3H3;1H. The molecular weight excluding hydrogens is 438 g/mol. The van der Waals surface area contributed by atoms with Crippen molar-refractivity contribution in [2.75, 3.05) is 0 Å². The largest absolute Gasteiger partial charge is 0.489 e. The number of hydrogen-bond donors (Lipinski definition) is 1. The molecule has 0 fully saturated rings. The number of rotatable bonds is 8. The van der Waals surface area contributed by atoms with Crippen LogP contribution >= 0.6 is 0 Å². The fraction of sp³-hybridized carbons (Fsp3) is 0.324. The Balaban J connectivity index is 0.000000618. The second kappa shape index (κ2) is 13.0. The van der Waals surface area contributed by atoms with E-state index in [2.05, 4.69) is 118 Å². The van der Waals surface area contributed by atoms with Crippen molar-refractivity contribution >= 4 is 0 Å². The molecule has 2 aromatic rings. The maximum Gasteiger partial charge on any atom is 0.120 e. The minimum atomic E-state index is 0. The Morgan fingerprint density at radius 3 is 2.67 bits per heavy atom. The molecule has 1 atom stereocenters. The van der Waals surface area contributed by atoms with E-state index >= 15 is 0 Å². The number of aryl methyl sites for hydroxylation is 1. The van der Waals surface area contributed by atoms with Crippen molar-refractivity contribution in [2.24, 2.45) is 5.41 Å². The van der Waals surface area contributed by atoms with Gasteiger partial charge in [-0.15, -0.1) is 5.73 Å². The van der Waals surface area contributed by atoms with Gasteiger partial charge in [-0.25, -0.2) is 0 Å². The van der Waals surface area contributed by atoms with Gasteiger partial charge in [-0.1, -0.05) is 88.1 Å². The summed E-state index contributed by atoms with van der Waals surface area (Å²) in [6.07, 6.45) is 16.3. The van der Waals surface area contributed by atoms with E-state index in [1.165, 1.54) is 39.1 Å². The molecule has 0 saturated carbocycles. The Hall–Kier alpha value is -3.48. The Labute approximate surface area is 220 Å². The summed E-state index contributed by atoms with van der Waals surface area (Å²) in [5.74, 6) is 0.921. The summed E-state index contributed by atoms with van der Waals surface area (Å²) >= 11 is 0. The Bertz CT molecular complexity index is 1230. The zero-order chi connectivity index (χ0) is 26.0. The fourth-order valence-corrected chi connectivity index (χ4v) is 4.54. The molecule has 0 heterocycles. The maximum atomic E-state index is 6.14. The quantitative estimate of drug-likeness (QED) is 0.380. The molecule has 4 rings (SSSR count). The van der Waals surface area contributed by atoms with Crippen LogP contribution in [-0.4, -0.2) is 0 Å². The normalized spacial score (nSPS) is 17.6. The number of allylic oxidation sites excluding steroid dienone is 9. The van der Waals surface area contributed by atoms with Gasteiger partial charge in [0.05, 0.1) is 0 Å². The molecule has 0 spiro atoms. The van der Waals surface area contributed by atoms with Gasteiger partial charge in [-0.2, -0.15) is 0 Å². The number of fused-ring (bicyclic) bond motifs is 1. The summed E-state index contributed by atoms with van der Waals surface area (Å²) in [4.78, 5) is 0. The molecule has 0 aromatic heterocycles. The van der Waals surface area contributed by atoms with Gasteiger partial charge in [0, 0.05) is 25.5 Å². The third-order valence-electron chi connectivity index (χ3n) is 7.04. The van der Waals surface area contributed by atoms with Crippen molar-refractivity contribution in [1.29, 1.82) is 0 Å². The zero-order valence-corrected chi connectivity index (χ0v) is 22.7. The SMILES string of the molecule is C=C=C(C)CC.CCc1c(C)cccc1COc1cccc(CNC2=CC=C3C=CC=CC3(C)C2)c1.[HH]. The molecule has 0 saturated heterocycles. The maximum absolute atomic E-state index is 6.14. The van der Waals surface area contributed by atoms with Crippen molar-refractivity contribution < 1.29 is 6.16 Å². The van der Waals surface area contributed by atoms with Gasteiger partial charge in [-0.05, 0) is 78.3 Å². The number of benzene rings is 2. The topological polar surface area (TPSA) is 21.3 Å². The van der Waals surface area contributed by atoms with Crippen LogP contribution in [-0.2, 0) is 19.6 Å². The Kier molecular flexibility index (Phi) is 9.79. The molecule has 2 nitrogen and oxygen atoms in total. The highest BCUT2D eigenvalue weighted by Gasteiger charge is 2.29. The number of ether oxygens (including phenoxy) is 1. The Morgan fingerprint density at radius 1 is 1.14 bits per heavy atom. The van der Waals surface area contributed by atoms with Gasteiger partial charge in [0.15, 0.2) is 0 Å². The summed E-state index contributed by atoms with van der Waals surface area (Å²) in [5, 5.41) is 3.63. The van der Waals surface area contributed by atoms with Gasteiger partial charge in [0.1, 0.15) is 12.4 Å². The summed E-state index contributed by atoms with van der Waals surface area (Å²) in [5.41, 5.74) is 12.0. The van der Waals surface area contributed by atoms with Gasteiger partial charge in [0.2, 0.25) is 0 Å².